The van der Waals surface area contributed by atoms with E-state index in [1.54, 1.807) is 35.0 Å². The Kier molecular flexibility index (Phi) is 7.51. The molecule has 192 valence electrons. The maximum absolute atomic E-state index is 12.9. The number of nitrogens with one attached hydrogen (secondary N) is 2. The minimum Gasteiger partial charge on any atom is -0.491 e. The Morgan fingerprint density at radius 3 is 2.54 bits per heavy atom. The van der Waals surface area contributed by atoms with E-state index in [0.29, 0.717) is 34.4 Å². The fraction of sp³-hybridized carbons (Fsp3) is 0.417. The molecule has 1 aliphatic heterocycles. The van der Waals surface area contributed by atoms with Crippen LogP contribution in [-0.4, -0.2) is 69.5 Å². The number of hydrogen-bond acceptors (Lipinski definition) is 7. The van der Waals surface area contributed by atoms with E-state index < -0.39 is 5.40 Å². The summed E-state index contributed by atoms with van der Waals surface area (Å²) in [5, 5.41) is 5.82. The summed E-state index contributed by atoms with van der Waals surface area (Å²) >= 11 is 6.46. The highest BCUT2D eigenvalue weighted by atomic mass is 35.5. The van der Waals surface area contributed by atoms with Crippen molar-refractivity contribution in [2.75, 3.05) is 30.4 Å². The van der Waals surface area contributed by atoms with Crippen molar-refractivity contribution in [2.24, 2.45) is 18.9 Å². The molecule has 1 amide bonds. The van der Waals surface area contributed by atoms with Crippen LogP contribution in [0.4, 0.5) is 17.5 Å². The lowest BCUT2D eigenvalue weighted by atomic mass is 9.64. The minimum atomic E-state index is -1.21. The molecule has 0 bridgehead atoms. The maximum Gasteiger partial charge on any atom is 0.293 e. The molecule has 1 aliphatic rings. The van der Waals surface area contributed by atoms with Crippen LogP contribution in [0.5, 0.6) is 5.75 Å². The van der Waals surface area contributed by atoms with E-state index in [2.05, 4.69) is 42.2 Å². The van der Waals surface area contributed by atoms with Gasteiger partial charge in [-0.25, -0.2) is 4.98 Å². The lowest BCUT2D eigenvalue weighted by Gasteiger charge is -2.40. The topological polar surface area (TPSA) is 101 Å². The normalized spacial score (nSPS) is 20.0. The lowest BCUT2D eigenvalue weighted by Crippen LogP contribution is -2.52. The highest BCUT2D eigenvalue weighted by molar-refractivity contribution is 6.50. The molecule has 1 fully saturated rings. The summed E-state index contributed by atoms with van der Waals surface area (Å²) in [5.41, 5.74) is 1.14. The Labute approximate surface area is 224 Å². The Morgan fingerprint density at radius 2 is 1.89 bits per heavy atom. The van der Waals surface area contributed by atoms with Gasteiger partial charge in [-0.2, -0.15) is 4.98 Å². The maximum atomic E-state index is 12.9. The van der Waals surface area contributed by atoms with Gasteiger partial charge in [0.15, 0.2) is 27.3 Å². The number of carbonyl (C=O) groups excluding carboxylic acids is 1. The van der Waals surface area contributed by atoms with Crippen LogP contribution < -0.4 is 25.8 Å². The number of aryl methyl sites for hydroxylation is 1. The van der Waals surface area contributed by atoms with Crippen LogP contribution in [0, 0.1) is 11.8 Å². The summed E-state index contributed by atoms with van der Waals surface area (Å²) < 4.78 is 7.35. The number of hydrogen-bond donors (Lipinski definition) is 2. The van der Waals surface area contributed by atoms with Gasteiger partial charge in [-0.15, -0.1) is 0 Å². The van der Waals surface area contributed by atoms with Crippen molar-refractivity contribution in [3.8, 4) is 5.75 Å². The summed E-state index contributed by atoms with van der Waals surface area (Å²) in [7, 11) is 8.74. The molecule has 13 heteroatoms. The highest BCUT2D eigenvalue weighted by Gasteiger charge is 2.31. The number of amides is 1. The van der Waals surface area contributed by atoms with Gasteiger partial charge in [0.2, 0.25) is 11.9 Å². The molecule has 2 N–H and O–H groups in total. The Morgan fingerprint density at radius 1 is 1.22 bits per heavy atom. The number of halogens is 1. The molecular weight excluding hydrogens is 488 g/mol. The van der Waals surface area contributed by atoms with Crippen molar-refractivity contribution in [3.05, 3.63) is 45.8 Å². The quantitative estimate of drug-likeness (QED) is 0.451. The molecule has 9 nitrogen and oxygen atoms in total. The third-order valence-electron chi connectivity index (χ3n) is 7.42. The predicted molar refractivity (Wildman–Crippen MR) is 157 cm³/mol. The van der Waals surface area contributed by atoms with Gasteiger partial charge in [0.05, 0.1) is 11.7 Å². The fourth-order valence-corrected chi connectivity index (χ4v) is 4.93. The standard InChI is InChI=1S/C24H32B3ClN6O3/c1-12-10-34(11-13(2)19(12)25)23-30-9-16(28)20(32-23)31-15-5-6-17-14(7-15)8-18(21(35)33(17)4)37-24(26,27)22(36)29-3/h5-9,12-13,19H,10-11,25-27H2,1-4H3,(H,29,36)(H,30,31,32)/t12-,13+,19?. The number of pyridine rings is 1. The Balaban J connectivity index is 1.65. The number of fused-ring (bicyclic) bond motifs is 1. The van der Waals surface area contributed by atoms with Gasteiger partial charge < -0.3 is 24.8 Å². The number of likely N-dealkylation sites (N-methyl/N-ethyl adjacent to an activating group) is 1. The molecule has 3 heterocycles. The molecule has 1 saturated heterocycles. The molecule has 1 aromatic carbocycles. The van der Waals surface area contributed by atoms with Crippen LogP contribution in [0.2, 0.25) is 10.8 Å². The van der Waals surface area contributed by atoms with E-state index in [-0.39, 0.29) is 17.2 Å². The number of rotatable bonds is 6. The summed E-state index contributed by atoms with van der Waals surface area (Å²) in [6.07, 6.45) is 1.62. The number of anilines is 3. The van der Waals surface area contributed by atoms with Crippen LogP contribution in [0.15, 0.2) is 35.3 Å². The minimum absolute atomic E-state index is 0.0886. The molecule has 0 radical (unpaired) electrons. The van der Waals surface area contributed by atoms with E-state index >= 15 is 0 Å². The zero-order valence-electron chi connectivity index (χ0n) is 22.4. The van der Waals surface area contributed by atoms with Gasteiger partial charge >= 0.3 is 0 Å². The predicted octanol–water partition coefficient (Wildman–Crippen LogP) is 0.284. The van der Waals surface area contributed by atoms with Crippen LogP contribution in [0.25, 0.3) is 10.9 Å². The Bertz CT molecular complexity index is 1390. The van der Waals surface area contributed by atoms with Gasteiger partial charge in [-0.3, -0.25) is 9.59 Å². The second-order valence-electron chi connectivity index (χ2n) is 10.5. The first kappa shape index (κ1) is 26.9. The van der Waals surface area contributed by atoms with Crippen molar-refractivity contribution in [3.63, 3.8) is 0 Å². The van der Waals surface area contributed by atoms with Crippen molar-refractivity contribution < 1.29 is 9.53 Å². The molecule has 37 heavy (non-hydrogen) atoms. The molecule has 0 saturated carbocycles. The van der Waals surface area contributed by atoms with E-state index in [4.69, 9.17) is 21.3 Å². The van der Waals surface area contributed by atoms with E-state index in [9.17, 15) is 9.59 Å². The third kappa shape index (κ3) is 5.44. The highest BCUT2D eigenvalue weighted by Crippen LogP contribution is 2.34. The molecule has 3 atom stereocenters. The molecule has 0 spiro atoms. The van der Waals surface area contributed by atoms with Crippen LogP contribution in [0.1, 0.15) is 13.8 Å². The average molecular weight is 520 g/mol. The van der Waals surface area contributed by atoms with Crippen molar-refractivity contribution in [1.29, 1.82) is 0 Å². The zero-order chi connectivity index (χ0) is 27.1. The molecule has 2 aromatic heterocycles. The average Bonchev–Trinajstić information content (AvgIpc) is 2.85. The zero-order valence-corrected chi connectivity index (χ0v) is 23.2. The number of ether oxygens (including phenoxy) is 1. The molecule has 3 aromatic rings. The smallest absolute Gasteiger partial charge is 0.293 e. The van der Waals surface area contributed by atoms with Crippen LogP contribution >= 0.6 is 11.6 Å². The Hall–Kier alpha value is -3.14. The first-order valence-corrected chi connectivity index (χ1v) is 12.9. The number of piperidine rings is 1. The van der Waals surface area contributed by atoms with Crippen molar-refractivity contribution in [2.45, 2.75) is 25.1 Å². The van der Waals surface area contributed by atoms with Gasteiger partial charge in [0.25, 0.3) is 5.56 Å². The molecule has 1 unspecified atom stereocenters. The van der Waals surface area contributed by atoms with Crippen molar-refractivity contribution >= 4 is 69.4 Å². The van der Waals surface area contributed by atoms with E-state index in [0.717, 1.165) is 29.7 Å². The van der Waals surface area contributed by atoms with E-state index in [1.807, 2.05) is 18.2 Å². The second-order valence-corrected chi connectivity index (χ2v) is 11.0. The molecule has 4 rings (SSSR count). The monoisotopic (exact) mass is 520 g/mol. The summed E-state index contributed by atoms with van der Waals surface area (Å²) in [6, 6.07) is 7.25. The summed E-state index contributed by atoms with van der Waals surface area (Å²) in [5.74, 6) is 2.63. The van der Waals surface area contributed by atoms with Gasteiger partial charge in [0, 0.05) is 38.3 Å². The molecule has 0 aliphatic carbocycles. The summed E-state index contributed by atoms with van der Waals surface area (Å²) in [4.78, 5) is 36.5. The lowest BCUT2D eigenvalue weighted by molar-refractivity contribution is -0.126. The van der Waals surface area contributed by atoms with Crippen LogP contribution in [0.3, 0.4) is 0 Å². The second kappa shape index (κ2) is 10.3. The van der Waals surface area contributed by atoms with Crippen molar-refractivity contribution in [1.82, 2.24) is 19.9 Å². The first-order valence-electron chi connectivity index (χ1n) is 12.5. The van der Waals surface area contributed by atoms with E-state index in [1.165, 1.54) is 11.6 Å². The fourth-order valence-electron chi connectivity index (χ4n) is 4.79. The van der Waals surface area contributed by atoms with Gasteiger partial charge in [-0.1, -0.05) is 31.3 Å². The van der Waals surface area contributed by atoms with Gasteiger partial charge in [-0.05, 0) is 36.1 Å². The largest absolute Gasteiger partial charge is 0.491 e. The van der Waals surface area contributed by atoms with Crippen LogP contribution in [-0.2, 0) is 11.8 Å². The van der Waals surface area contributed by atoms with Gasteiger partial charge in [0.1, 0.15) is 18.3 Å². The number of aromatic nitrogens is 3. The molecular formula is C24H32B3ClN6O3. The number of nitrogens with zero attached hydrogens (tertiary/aromatic N) is 4. The SMILES string of the molecule is BC1[C@H](C)CN(c2ncc(Cl)c(Nc3ccc4c(c3)cc(OC(B)(B)C(=O)NC)c(=O)n4C)n2)C[C@@H]1C. The summed E-state index contributed by atoms with van der Waals surface area (Å²) in [6.45, 7) is 6.31. The number of benzene rings is 1. The number of carbonyl (C=O) groups is 1. The first-order chi connectivity index (χ1) is 17.4. The third-order valence-corrected chi connectivity index (χ3v) is 7.70.